The van der Waals surface area contributed by atoms with Crippen LogP contribution in [0.25, 0.3) is 0 Å². The summed E-state index contributed by atoms with van der Waals surface area (Å²) in [6.07, 6.45) is 0.255. The number of likely N-dealkylation sites (N-methyl/N-ethyl adjacent to an activating group) is 1. The van der Waals surface area contributed by atoms with E-state index in [1.807, 2.05) is 6.92 Å². The summed E-state index contributed by atoms with van der Waals surface area (Å²) in [6.45, 7) is 2.75. The standard InChI is InChI=1S/C14H19N3O3S/c1-9-7-17(8-12(9)15)21(19,20)11-3-4-13-10(5-11)6-14(18)16(13)2/h3-5,9,12H,6-8,15H2,1-2H3. The smallest absolute Gasteiger partial charge is 0.243 e. The Hall–Kier alpha value is -1.44. The van der Waals surface area contributed by atoms with Gasteiger partial charge in [-0.3, -0.25) is 4.79 Å². The summed E-state index contributed by atoms with van der Waals surface area (Å²) in [5.41, 5.74) is 7.46. The van der Waals surface area contributed by atoms with Crippen LogP contribution in [0.15, 0.2) is 23.1 Å². The molecule has 0 radical (unpaired) electrons. The lowest BCUT2D eigenvalue weighted by Gasteiger charge is -2.17. The number of amides is 1. The van der Waals surface area contributed by atoms with Gasteiger partial charge in [0.1, 0.15) is 0 Å². The molecule has 0 saturated carbocycles. The number of hydrogen-bond acceptors (Lipinski definition) is 4. The summed E-state index contributed by atoms with van der Waals surface area (Å²) < 4.78 is 26.8. The van der Waals surface area contributed by atoms with Crippen molar-refractivity contribution in [3.8, 4) is 0 Å². The van der Waals surface area contributed by atoms with Crippen molar-refractivity contribution >= 4 is 21.6 Å². The topological polar surface area (TPSA) is 83.7 Å². The number of hydrogen-bond donors (Lipinski definition) is 1. The molecule has 1 aromatic rings. The predicted octanol–water partition coefficient (Wildman–Crippen LogP) is 0.173. The first-order valence-corrected chi connectivity index (χ1v) is 8.40. The van der Waals surface area contributed by atoms with Crippen LogP contribution < -0.4 is 10.6 Å². The van der Waals surface area contributed by atoms with Crippen LogP contribution in [0.1, 0.15) is 12.5 Å². The molecular weight excluding hydrogens is 290 g/mol. The number of benzene rings is 1. The third-order valence-corrected chi connectivity index (χ3v) is 6.23. The van der Waals surface area contributed by atoms with Gasteiger partial charge >= 0.3 is 0 Å². The molecule has 21 heavy (non-hydrogen) atoms. The minimum atomic E-state index is -3.54. The molecule has 0 bridgehead atoms. The van der Waals surface area contributed by atoms with Crippen molar-refractivity contribution in [3.63, 3.8) is 0 Å². The van der Waals surface area contributed by atoms with Gasteiger partial charge in [-0.2, -0.15) is 4.31 Å². The van der Waals surface area contributed by atoms with E-state index in [1.165, 1.54) is 4.31 Å². The number of anilines is 1. The molecule has 2 aliphatic heterocycles. The van der Waals surface area contributed by atoms with Gasteiger partial charge in [-0.05, 0) is 29.7 Å². The second-order valence-corrected chi connectivity index (χ2v) is 7.82. The Morgan fingerprint density at radius 3 is 2.62 bits per heavy atom. The van der Waals surface area contributed by atoms with Gasteiger partial charge in [0.05, 0.1) is 11.3 Å². The fourth-order valence-electron chi connectivity index (χ4n) is 2.90. The van der Waals surface area contributed by atoms with E-state index in [2.05, 4.69) is 0 Å². The van der Waals surface area contributed by atoms with Crippen molar-refractivity contribution in [1.29, 1.82) is 0 Å². The van der Waals surface area contributed by atoms with Crippen molar-refractivity contribution in [2.75, 3.05) is 25.0 Å². The Labute approximate surface area is 124 Å². The van der Waals surface area contributed by atoms with E-state index in [9.17, 15) is 13.2 Å². The summed E-state index contributed by atoms with van der Waals surface area (Å²) >= 11 is 0. The van der Waals surface area contributed by atoms with E-state index in [0.717, 1.165) is 11.3 Å². The van der Waals surface area contributed by atoms with Crippen molar-refractivity contribution < 1.29 is 13.2 Å². The summed E-state index contributed by atoms with van der Waals surface area (Å²) in [6, 6.07) is 4.76. The Kier molecular flexibility index (Phi) is 3.31. The van der Waals surface area contributed by atoms with E-state index in [1.54, 1.807) is 30.1 Å². The average Bonchev–Trinajstić information content (AvgIpc) is 2.91. The molecule has 6 nitrogen and oxygen atoms in total. The van der Waals surface area contributed by atoms with Gasteiger partial charge in [-0.25, -0.2) is 8.42 Å². The zero-order valence-corrected chi connectivity index (χ0v) is 12.9. The van der Waals surface area contributed by atoms with E-state index >= 15 is 0 Å². The van der Waals surface area contributed by atoms with Crippen molar-refractivity contribution in [2.24, 2.45) is 11.7 Å². The summed E-state index contributed by atoms with van der Waals surface area (Å²) in [5.74, 6) is 0.137. The largest absolute Gasteiger partial charge is 0.326 e. The maximum absolute atomic E-state index is 12.7. The molecule has 0 spiro atoms. The Morgan fingerprint density at radius 1 is 1.29 bits per heavy atom. The monoisotopic (exact) mass is 309 g/mol. The van der Waals surface area contributed by atoms with Gasteiger partial charge in [0.2, 0.25) is 15.9 Å². The summed E-state index contributed by atoms with van der Waals surface area (Å²) in [5, 5.41) is 0. The van der Waals surface area contributed by atoms with Crippen molar-refractivity contribution in [3.05, 3.63) is 23.8 Å². The zero-order valence-electron chi connectivity index (χ0n) is 12.1. The van der Waals surface area contributed by atoms with Crippen molar-refractivity contribution in [2.45, 2.75) is 24.3 Å². The fraction of sp³-hybridized carbons (Fsp3) is 0.500. The minimum Gasteiger partial charge on any atom is -0.326 e. The third-order valence-electron chi connectivity index (χ3n) is 4.40. The third kappa shape index (κ3) is 2.25. The van der Waals surface area contributed by atoms with Crippen LogP contribution in [-0.4, -0.2) is 44.8 Å². The molecular formula is C14H19N3O3S. The van der Waals surface area contributed by atoms with E-state index < -0.39 is 10.0 Å². The van der Waals surface area contributed by atoms with Crippen LogP contribution in [0.3, 0.4) is 0 Å². The fourth-order valence-corrected chi connectivity index (χ4v) is 4.53. The molecule has 1 fully saturated rings. The van der Waals surface area contributed by atoms with Gasteiger partial charge < -0.3 is 10.6 Å². The maximum atomic E-state index is 12.7. The lowest BCUT2D eigenvalue weighted by Crippen LogP contribution is -2.32. The highest BCUT2D eigenvalue weighted by Crippen LogP contribution is 2.31. The Balaban J connectivity index is 1.95. The molecule has 2 heterocycles. The first-order valence-electron chi connectivity index (χ1n) is 6.96. The highest BCUT2D eigenvalue weighted by atomic mass is 32.2. The molecule has 2 aliphatic rings. The average molecular weight is 309 g/mol. The molecule has 2 N–H and O–H groups in total. The Bertz CT molecular complexity index is 691. The van der Waals surface area contributed by atoms with Crippen molar-refractivity contribution in [1.82, 2.24) is 4.31 Å². The van der Waals surface area contributed by atoms with Crippen LogP contribution in [0.2, 0.25) is 0 Å². The highest BCUT2D eigenvalue weighted by molar-refractivity contribution is 7.89. The molecule has 7 heteroatoms. The van der Waals surface area contributed by atoms with Gasteiger partial charge in [0, 0.05) is 31.9 Å². The number of carbonyl (C=O) groups excluding carboxylic acids is 1. The van der Waals surface area contributed by atoms with Crippen LogP contribution in [0.5, 0.6) is 0 Å². The number of nitrogens with two attached hydrogens (primary N) is 1. The molecule has 1 aromatic carbocycles. The highest BCUT2D eigenvalue weighted by Gasteiger charge is 2.36. The molecule has 0 aliphatic carbocycles. The zero-order chi connectivity index (χ0) is 15.4. The van der Waals surface area contributed by atoms with Crippen LogP contribution in [0, 0.1) is 5.92 Å². The van der Waals surface area contributed by atoms with Gasteiger partial charge in [0.15, 0.2) is 0 Å². The lowest BCUT2D eigenvalue weighted by molar-refractivity contribution is -0.117. The van der Waals surface area contributed by atoms with Gasteiger partial charge in [-0.1, -0.05) is 6.92 Å². The van der Waals surface area contributed by atoms with Crippen LogP contribution in [-0.2, 0) is 21.2 Å². The Morgan fingerprint density at radius 2 is 2.00 bits per heavy atom. The van der Waals surface area contributed by atoms with E-state index in [0.29, 0.717) is 13.1 Å². The molecule has 114 valence electrons. The number of nitrogens with zero attached hydrogens (tertiary/aromatic N) is 2. The predicted molar refractivity (Wildman–Crippen MR) is 79.5 cm³/mol. The molecule has 1 amide bonds. The maximum Gasteiger partial charge on any atom is 0.243 e. The summed E-state index contributed by atoms with van der Waals surface area (Å²) in [4.78, 5) is 13.5. The number of fused-ring (bicyclic) bond motifs is 1. The number of carbonyl (C=O) groups is 1. The minimum absolute atomic E-state index is 0.0173. The normalized spacial score (nSPS) is 26.4. The van der Waals surface area contributed by atoms with Gasteiger partial charge in [-0.15, -0.1) is 0 Å². The molecule has 3 rings (SSSR count). The number of sulfonamides is 1. The van der Waals surface area contributed by atoms with E-state index in [4.69, 9.17) is 5.73 Å². The lowest BCUT2D eigenvalue weighted by atomic mass is 10.1. The number of rotatable bonds is 2. The van der Waals surface area contributed by atoms with Crippen LogP contribution in [0.4, 0.5) is 5.69 Å². The SMILES string of the molecule is CC1CN(S(=O)(=O)c2ccc3c(c2)CC(=O)N3C)CC1N. The second-order valence-electron chi connectivity index (χ2n) is 5.88. The molecule has 0 aromatic heterocycles. The quantitative estimate of drug-likeness (QED) is 0.844. The van der Waals surface area contributed by atoms with Crippen LogP contribution >= 0.6 is 0 Å². The van der Waals surface area contributed by atoms with Gasteiger partial charge in [0.25, 0.3) is 0 Å². The van der Waals surface area contributed by atoms with E-state index in [-0.39, 0.29) is 29.2 Å². The first-order chi connectivity index (χ1) is 9.80. The summed E-state index contributed by atoms with van der Waals surface area (Å²) in [7, 11) is -1.84. The second kappa shape index (κ2) is 4.79. The molecule has 2 atom stereocenters. The first kappa shape index (κ1) is 14.5. The molecule has 1 saturated heterocycles. The molecule has 2 unspecified atom stereocenters.